The number of benzene rings is 1. The number of oxazole rings is 1. The molecule has 2 aromatic rings. The van der Waals surface area contributed by atoms with E-state index in [1.54, 1.807) is 25.1 Å². The number of aliphatic hydroxyl groups is 1. The van der Waals surface area contributed by atoms with Gasteiger partial charge in [-0.2, -0.15) is 0 Å². The molecule has 1 atom stereocenters. The molecule has 2 N–H and O–H groups in total. The quantitative estimate of drug-likeness (QED) is 0.846. The van der Waals surface area contributed by atoms with Gasteiger partial charge in [0.05, 0.1) is 11.1 Å². The molecule has 1 aromatic heterocycles. The first-order valence-corrected chi connectivity index (χ1v) is 7.82. The number of carbonyl (C=O) groups excluding carboxylic acids is 1. The van der Waals surface area contributed by atoms with E-state index in [-0.39, 0.29) is 17.0 Å². The lowest BCUT2D eigenvalue weighted by molar-refractivity contribution is 0.0898. The summed E-state index contributed by atoms with van der Waals surface area (Å²) in [7, 11) is 0. The van der Waals surface area contributed by atoms with Crippen molar-refractivity contribution < 1.29 is 14.3 Å². The monoisotopic (exact) mass is 336 g/mol. The molecule has 0 fully saturated rings. The number of hydrogen-bond acceptors (Lipinski definition) is 4. The highest BCUT2D eigenvalue weighted by Crippen LogP contribution is 2.30. The lowest BCUT2D eigenvalue weighted by atomic mass is 9.87. The van der Waals surface area contributed by atoms with E-state index in [0.717, 1.165) is 0 Å². The summed E-state index contributed by atoms with van der Waals surface area (Å²) < 4.78 is 5.35. The Labute approximate surface area is 140 Å². The molecule has 0 aliphatic heterocycles. The maximum Gasteiger partial charge on any atom is 0.273 e. The van der Waals surface area contributed by atoms with Crippen LogP contribution in [-0.2, 0) is 0 Å². The Morgan fingerprint density at radius 1 is 1.43 bits per heavy atom. The number of hydrogen-bond donors (Lipinski definition) is 2. The highest BCUT2D eigenvalue weighted by atomic mass is 35.5. The van der Waals surface area contributed by atoms with Crippen LogP contribution in [0.1, 0.15) is 37.7 Å². The van der Waals surface area contributed by atoms with Crippen LogP contribution in [0.2, 0.25) is 5.02 Å². The van der Waals surface area contributed by atoms with Crippen molar-refractivity contribution in [3.8, 4) is 11.3 Å². The molecule has 6 heteroatoms. The van der Waals surface area contributed by atoms with Crippen LogP contribution in [-0.4, -0.2) is 28.6 Å². The summed E-state index contributed by atoms with van der Waals surface area (Å²) in [4.78, 5) is 16.4. The minimum absolute atomic E-state index is 0.200. The van der Waals surface area contributed by atoms with E-state index in [9.17, 15) is 9.90 Å². The Morgan fingerprint density at radius 3 is 2.78 bits per heavy atom. The minimum Gasteiger partial charge on any atom is -0.443 e. The normalized spacial score (nSPS) is 12.9. The van der Waals surface area contributed by atoms with Gasteiger partial charge in [0.25, 0.3) is 5.91 Å². The Morgan fingerprint density at radius 2 is 2.13 bits per heavy atom. The van der Waals surface area contributed by atoms with Crippen LogP contribution >= 0.6 is 11.6 Å². The van der Waals surface area contributed by atoms with Crippen molar-refractivity contribution in [3.63, 3.8) is 0 Å². The van der Waals surface area contributed by atoms with E-state index >= 15 is 0 Å². The Bertz CT molecular complexity index is 680. The molecular weight excluding hydrogens is 316 g/mol. The van der Waals surface area contributed by atoms with Crippen molar-refractivity contribution in [2.45, 2.75) is 33.3 Å². The number of nitrogens with zero attached hydrogens (tertiary/aromatic N) is 1. The van der Waals surface area contributed by atoms with Crippen molar-refractivity contribution in [2.75, 3.05) is 6.54 Å². The van der Waals surface area contributed by atoms with Gasteiger partial charge in [-0.05, 0) is 30.9 Å². The smallest absolute Gasteiger partial charge is 0.273 e. The van der Waals surface area contributed by atoms with E-state index in [1.165, 1.54) is 6.39 Å². The van der Waals surface area contributed by atoms with Crippen molar-refractivity contribution in [1.29, 1.82) is 0 Å². The number of aliphatic hydroxyl groups excluding tert-OH is 1. The summed E-state index contributed by atoms with van der Waals surface area (Å²) in [6.45, 7) is 6.12. The van der Waals surface area contributed by atoms with Gasteiger partial charge in [0, 0.05) is 12.1 Å². The third kappa shape index (κ3) is 4.56. The lowest BCUT2D eigenvalue weighted by Gasteiger charge is -2.26. The molecule has 1 unspecified atom stereocenters. The average Bonchev–Trinajstić information content (AvgIpc) is 2.93. The fourth-order valence-corrected chi connectivity index (χ4v) is 2.74. The zero-order valence-electron chi connectivity index (χ0n) is 13.5. The van der Waals surface area contributed by atoms with Crippen LogP contribution in [0.3, 0.4) is 0 Å². The number of nitrogens with one attached hydrogen (secondary N) is 1. The van der Waals surface area contributed by atoms with E-state index in [2.05, 4.69) is 10.3 Å². The zero-order chi connectivity index (χ0) is 17.0. The first kappa shape index (κ1) is 17.5. The molecule has 0 radical (unpaired) electrons. The SMILES string of the molecule is CC(O)CC(C)(C)CNC(=O)c1ncoc1-c1ccccc1Cl. The summed E-state index contributed by atoms with van der Waals surface area (Å²) in [6, 6.07) is 7.13. The summed E-state index contributed by atoms with van der Waals surface area (Å²) in [6.07, 6.45) is 1.39. The second-order valence-corrected chi connectivity index (χ2v) is 6.82. The number of halogens is 1. The van der Waals surface area contributed by atoms with E-state index < -0.39 is 6.10 Å². The largest absolute Gasteiger partial charge is 0.443 e. The minimum atomic E-state index is -0.423. The Kier molecular flexibility index (Phi) is 5.44. The Balaban J connectivity index is 2.13. The standard InChI is InChI=1S/C17H21ClN2O3/c1-11(21)8-17(2,3)9-19-16(22)14-15(23-10-20-14)12-6-4-5-7-13(12)18/h4-7,10-11,21H,8-9H2,1-3H3,(H,19,22). The third-order valence-electron chi connectivity index (χ3n) is 3.48. The molecule has 0 saturated heterocycles. The molecule has 2 rings (SSSR count). The first-order chi connectivity index (χ1) is 10.8. The highest BCUT2D eigenvalue weighted by molar-refractivity contribution is 6.33. The number of amides is 1. The fourth-order valence-electron chi connectivity index (χ4n) is 2.52. The van der Waals surface area contributed by atoms with Gasteiger partial charge in [0.15, 0.2) is 17.8 Å². The Hall–Kier alpha value is -1.85. The van der Waals surface area contributed by atoms with Crippen molar-refractivity contribution in [3.05, 3.63) is 41.4 Å². The molecule has 124 valence electrons. The highest BCUT2D eigenvalue weighted by Gasteiger charge is 2.24. The van der Waals surface area contributed by atoms with Gasteiger partial charge in [0.2, 0.25) is 0 Å². The molecule has 0 aliphatic rings. The van der Waals surface area contributed by atoms with Gasteiger partial charge in [-0.15, -0.1) is 0 Å². The third-order valence-corrected chi connectivity index (χ3v) is 3.81. The van der Waals surface area contributed by atoms with Crippen molar-refractivity contribution in [2.24, 2.45) is 5.41 Å². The molecule has 0 aliphatic carbocycles. The van der Waals surface area contributed by atoms with E-state index in [0.29, 0.717) is 29.3 Å². The van der Waals surface area contributed by atoms with Crippen LogP contribution in [0, 0.1) is 5.41 Å². The van der Waals surface area contributed by atoms with Crippen LogP contribution in [0.15, 0.2) is 35.1 Å². The molecule has 5 nitrogen and oxygen atoms in total. The van der Waals surface area contributed by atoms with E-state index in [1.807, 2.05) is 19.9 Å². The molecule has 1 amide bonds. The molecule has 0 saturated carbocycles. The van der Waals surface area contributed by atoms with Crippen molar-refractivity contribution in [1.82, 2.24) is 10.3 Å². The second kappa shape index (κ2) is 7.15. The van der Waals surface area contributed by atoms with Crippen LogP contribution in [0.4, 0.5) is 0 Å². The maximum atomic E-state index is 12.4. The fraction of sp³-hybridized carbons (Fsp3) is 0.412. The van der Waals surface area contributed by atoms with Gasteiger partial charge in [-0.3, -0.25) is 4.79 Å². The molecule has 0 bridgehead atoms. The van der Waals surface area contributed by atoms with Gasteiger partial charge >= 0.3 is 0 Å². The van der Waals surface area contributed by atoms with Gasteiger partial charge in [-0.1, -0.05) is 37.6 Å². The van der Waals surface area contributed by atoms with Gasteiger partial charge in [0.1, 0.15) is 0 Å². The molecule has 1 heterocycles. The predicted octanol–water partition coefficient (Wildman–Crippen LogP) is 3.52. The summed E-state index contributed by atoms with van der Waals surface area (Å²) >= 11 is 6.15. The molecular formula is C17H21ClN2O3. The van der Waals surface area contributed by atoms with Crippen LogP contribution in [0.25, 0.3) is 11.3 Å². The second-order valence-electron chi connectivity index (χ2n) is 6.41. The maximum absolute atomic E-state index is 12.4. The summed E-state index contributed by atoms with van der Waals surface area (Å²) in [5.74, 6) is 0.0220. The molecule has 1 aromatic carbocycles. The molecule has 0 spiro atoms. The zero-order valence-corrected chi connectivity index (χ0v) is 14.2. The van der Waals surface area contributed by atoms with Crippen LogP contribution < -0.4 is 5.32 Å². The first-order valence-electron chi connectivity index (χ1n) is 7.45. The lowest BCUT2D eigenvalue weighted by Crippen LogP contribution is -2.36. The summed E-state index contributed by atoms with van der Waals surface area (Å²) in [5, 5.41) is 12.8. The number of rotatable bonds is 6. The van der Waals surface area contributed by atoms with E-state index in [4.69, 9.17) is 16.0 Å². The van der Waals surface area contributed by atoms with Gasteiger partial charge < -0.3 is 14.8 Å². The molecule has 23 heavy (non-hydrogen) atoms. The van der Waals surface area contributed by atoms with Crippen LogP contribution in [0.5, 0.6) is 0 Å². The van der Waals surface area contributed by atoms with Gasteiger partial charge in [-0.25, -0.2) is 4.98 Å². The topological polar surface area (TPSA) is 75.4 Å². The number of carbonyl (C=O) groups is 1. The predicted molar refractivity (Wildman–Crippen MR) is 89.4 cm³/mol. The number of aromatic nitrogens is 1. The summed E-state index contributed by atoms with van der Waals surface area (Å²) in [5.41, 5.74) is 0.601. The van der Waals surface area contributed by atoms with Crippen molar-refractivity contribution >= 4 is 17.5 Å². The average molecular weight is 337 g/mol.